The predicted octanol–water partition coefficient (Wildman–Crippen LogP) is 3.11. The molecule has 0 amide bonds. The highest BCUT2D eigenvalue weighted by molar-refractivity contribution is 9.10. The van der Waals surface area contributed by atoms with E-state index in [4.69, 9.17) is 5.11 Å². The number of rotatable bonds is 4. The first kappa shape index (κ1) is 15.9. The second-order valence-electron chi connectivity index (χ2n) is 3.89. The van der Waals surface area contributed by atoms with Gasteiger partial charge in [0.2, 0.25) is 0 Å². The molecule has 2 rings (SSSR count). The van der Waals surface area contributed by atoms with Crippen LogP contribution in [0.25, 0.3) is 0 Å². The predicted molar refractivity (Wildman–Crippen MR) is 83.8 cm³/mol. The summed E-state index contributed by atoms with van der Waals surface area (Å²) >= 11 is 6.19. The molecule has 6 nitrogen and oxygen atoms in total. The highest BCUT2D eigenvalue weighted by Gasteiger charge is 2.19. The van der Waals surface area contributed by atoms with Crippen molar-refractivity contribution in [1.82, 2.24) is 4.98 Å². The van der Waals surface area contributed by atoms with E-state index in [1.807, 2.05) is 0 Å². The molecule has 0 saturated carbocycles. The van der Waals surface area contributed by atoms with Crippen LogP contribution in [0.4, 0.5) is 5.69 Å². The summed E-state index contributed by atoms with van der Waals surface area (Å²) in [6, 6.07) is 6.87. The van der Waals surface area contributed by atoms with E-state index >= 15 is 0 Å². The lowest BCUT2D eigenvalue weighted by Crippen LogP contribution is -2.14. The Morgan fingerprint density at radius 2 is 1.95 bits per heavy atom. The van der Waals surface area contributed by atoms with Crippen LogP contribution in [-0.4, -0.2) is 24.5 Å². The van der Waals surface area contributed by atoms with E-state index < -0.39 is 16.0 Å². The third-order valence-electron chi connectivity index (χ3n) is 2.48. The van der Waals surface area contributed by atoms with Crippen molar-refractivity contribution in [2.24, 2.45) is 0 Å². The van der Waals surface area contributed by atoms with Crippen molar-refractivity contribution in [3.05, 3.63) is 51.2 Å². The molecule has 1 aromatic carbocycles. The van der Waals surface area contributed by atoms with Gasteiger partial charge in [0.05, 0.1) is 16.1 Å². The zero-order valence-corrected chi connectivity index (χ0v) is 14.2. The maximum absolute atomic E-state index is 12.3. The summed E-state index contributed by atoms with van der Waals surface area (Å²) in [7, 11) is -3.91. The fraction of sp³-hybridized carbons (Fsp3) is 0. The molecule has 9 heteroatoms. The molecule has 110 valence electrons. The van der Waals surface area contributed by atoms with Gasteiger partial charge in [0, 0.05) is 10.7 Å². The zero-order valence-electron chi connectivity index (χ0n) is 10.2. The normalized spacial score (nSPS) is 11.1. The molecule has 0 fully saturated rings. The standard InChI is InChI=1S/C12H8Br2N2O4S/c13-9-4-3-7(6-8(9)12(17)18)21(19,20)16-10-2-1-5-15-11(10)14/h1-6,16H,(H,17,18). The maximum atomic E-state index is 12.3. The van der Waals surface area contributed by atoms with Crippen LogP contribution in [0, 0.1) is 0 Å². The first-order valence-electron chi connectivity index (χ1n) is 5.47. The minimum Gasteiger partial charge on any atom is -0.478 e. The monoisotopic (exact) mass is 434 g/mol. The number of carboxylic acids is 1. The van der Waals surface area contributed by atoms with Crippen molar-refractivity contribution in [1.29, 1.82) is 0 Å². The summed E-state index contributed by atoms with van der Waals surface area (Å²) in [5.41, 5.74) is 0.125. The minimum atomic E-state index is -3.91. The number of carboxylic acid groups (broad SMARTS) is 1. The molecule has 2 aromatic rings. The van der Waals surface area contributed by atoms with Gasteiger partial charge in [-0.3, -0.25) is 4.72 Å². The lowest BCUT2D eigenvalue weighted by Gasteiger charge is -2.10. The van der Waals surface area contributed by atoms with E-state index in [1.165, 1.54) is 24.4 Å². The number of anilines is 1. The van der Waals surface area contributed by atoms with Crippen LogP contribution in [0.1, 0.15) is 10.4 Å². The van der Waals surface area contributed by atoms with Crippen LogP contribution < -0.4 is 4.72 Å². The van der Waals surface area contributed by atoms with E-state index in [-0.39, 0.29) is 16.1 Å². The number of aromatic nitrogens is 1. The van der Waals surface area contributed by atoms with Gasteiger partial charge in [0.15, 0.2) is 0 Å². The van der Waals surface area contributed by atoms with Gasteiger partial charge in [-0.15, -0.1) is 0 Å². The van der Waals surface area contributed by atoms with E-state index in [0.717, 1.165) is 6.07 Å². The van der Waals surface area contributed by atoms with Gasteiger partial charge >= 0.3 is 5.97 Å². The summed E-state index contributed by atoms with van der Waals surface area (Å²) in [4.78, 5) is 14.8. The van der Waals surface area contributed by atoms with Crippen LogP contribution in [-0.2, 0) is 10.0 Å². The molecule has 0 bridgehead atoms. The Morgan fingerprint density at radius 3 is 2.57 bits per heavy atom. The molecular formula is C12H8Br2N2O4S. The lowest BCUT2D eigenvalue weighted by molar-refractivity contribution is 0.0695. The Labute approximate surface area is 137 Å². The van der Waals surface area contributed by atoms with Gasteiger partial charge in [-0.2, -0.15) is 0 Å². The van der Waals surface area contributed by atoms with E-state index in [0.29, 0.717) is 9.08 Å². The Hall–Kier alpha value is -1.45. The average molecular weight is 436 g/mol. The average Bonchev–Trinajstić information content (AvgIpc) is 2.41. The third-order valence-corrected chi connectivity index (χ3v) is 5.17. The molecule has 0 aliphatic carbocycles. The number of hydrogen-bond acceptors (Lipinski definition) is 4. The van der Waals surface area contributed by atoms with Crippen molar-refractivity contribution in [2.45, 2.75) is 4.90 Å². The van der Waals surface area contributed by atoms with E-state index in [9.17, 15) is 13.2 Å². The summed E-state index contributed by atoms with van der Waals surface area (Å²) in [5.74, 6) is -1.22. The van der Waals surface area contributed by atoms with Crippen molar-refractivity contribution in [3.63, 3.8) is 0 Å². The molecule has 0 spiro atoms. The molecule has 21 heavy (non-hydrogen) atoms. The minimum absolute atomic E-state index is 0.136. The summed E-state index contributed by atoms with van der Waals surface area (Å²) < 4.78 is 27.5. The molecule has 0 aliphatic heterocycles. The van der Waals surface area contributed by atoms with Gasteiger partial charge in [0.25, 0.3) is 10.0 Å². The number of halogens is 2. The van der Waals surface area contributed by atoms with Crippen LogP contribution in [0.15, 0.2) is 50.5 Å². The van der Waals surface area contributed by atoms with Crippen molar-refractivity contribution in [3.8, 4) is 0 Å². The maximum Gasteiger partial charge on any atom is 0.336 e. The molecule has 1 heterocycles. The third kappa shape index (κ3) is 3.60. The van der Waals surface area contributed by atoms with Crippen molar-refractivity contribution < 1.29 is 18.3 Å². The van der Waals surface area contributed by atoms with Crippen LogP contribution >= 0.6 is 31.9 Å². The number of benzene rings is 1. The number of pyridine rings is 1. The Balaban J connectivity index is 2.43. The molecular weight excluding hydrogens is 428 g/mol. The summed E-state index contributed by atoms with van der Waals surface area (Å²) in [5, 5.41) is 9.03. The Morgan fingerprint density at radius 1 is 1.24 bits per heavy atom. The zero-order chi connectivity index (χ0) is 15.6. The Kier molecular flexibility index (Phi) is 4.64. The van der Waals surface area contributed by atoms with Crippen LogP contribution in [0.2, 0.25) is 0 Å². The molecule has 0 aliphatic rings. The van der Waals surface area contributed by atoms with Crippen molar-refractivity contribution in [2.75, 3.05) is 4.72 Å². The number of carbonyl (C=O) groups is 1. The number of nitrogens with zero attached hydrogens (tertiary/aromatic N) is 1. The molecule has 1 aromatic heterocycles. The lowest BCUT2D eigenvalue weighted by atomic mass is 10.2. The molecule has 0 unspecified atom stereocenters. The van der Waals surface area contributed by atoms with Gasteiger partial charge < -0.3 is 5.11 Å². The number of aromatic carboxylic acids is 1. The topological polar surface area (TPSA) is 96.4 Å². The molecule has 0 atom stereocenters. The van der Waals surface area contributed by atoms with Crippen LogP contribution in [0.5, 0.6) is 0 Å². The van der Waals surface area contributed by atoms with Crippen molar-refractivity contribution >= 4 is 53.5 Å². The highest BCUT2D eigenvalue weighted by atomic mass is 79.9. The van der Waals surface area contributed by atoms with E-state index in [1.54, 1.807) is 6.07 Å². The molecule has 2 N–H and O–H groups in total. The van der Waals surface area contributed by atoms with Gasteiger partial charge in [-0.05, 0) is 62.2 Å². The fourth-order valence-corrected chi connectivity index (χ4v) is 3.49. The SMILES string of the molecule is O=C(O)c1cc(S(=O)(=O)Nc2cccnc2Br)ccc1Br. The number of nitrogens with one attached hydrogen (secondary N) is 1. The molecule has 0 saturated heterocycles. The van der Waals surface area contributed by atoms with Crippen LogP contribution in [0.3, 0.4) is 0 Å². The summed E-state index contributed by atoms with van der Waals surface area (Å²) in [6.45, 7) is 0. The first-order chi connectivity index (χ1) is 9.81. The highest BCUT2D eigenvalue weighted by Crippen LogP contribution is 2.25. The second-order valence-corrected chi connectivity index (χ2v) is 7.18. The van der Waals surface area contributed by atoms with Gasteiger partial charge in [0.1, 0.15) is 4.60 Å². The summed E-state index contributed by atoms with van der Waals surface area (Å²) in [6.07, 6.45) is 1.50. The molecule has 0 radical (unpaired) electrons. The smallest absolute Gasteiger partial charge is 0.336 e. The van der Waals surface area contributed by atoms with Gasteiger partial charge in [-0.1, -0.05) is 0 Å². The first-order valence-corrected chi connectivity index (χ1v) is 8.54. The quantitative estimate of drug-likeness (QED) is 0.719. The largest absolute Gasteiger partial charge is 0.478 e. The van der Waals surface area contributed by atoms with E-state index in [2.05, 4.69) is 41.6 Å². The second kappa shape index (κ2) is 6.12. The Bertz CT molecular complexity index is 809. The fourth-order valence-electron chi connectivity index (χ4n) is 1.50. The van der Waals surface area contributed by atoms with Gasteiger partial charge in [-0.25, -0.2) is 18.2 Å². The number of hydrogen-bond donors (Lipinski definition) is 2. The number of sulfonamides is 1.